The number of aliphatic hydroxyl groups is 1. The van der Waals surface area contributed by atoms with Crippen molar-refractivity contribution in [2.24, 2.45) is 29.2 Å². The van der Waals surface area contributed by atoms with Crippen molar-refractivity contribution in [2.75, 3.05) is 37.5 Å². The Morgan fingerprint density at radius 2 is 2.08 bits per heavy atom. The van der Waals surface area contributed by atoms with E-state index < -0.39 is 27.8 Å². The Morgan fingerprint density at radius 3 is 2.79 bits per heavy atom. The molecule has 6 rings (SSSR count). The van der Waals surface area contributed by atoms with Gasteiger partial charge >= 0.3 is 0 Å². The highest BCUT2D eigenvalue weighted by Gasteiger charge is 2.44. The molecule has 6 atom stereocenters. The van der Waals surface area contributed by atoms with Crippen LogP contribution in [-0.4, -0.2) is 69.6 Å². The van der Waals surface area contributed by atoms with E-state index in [1.165, 1.54) is 29.1 Å². The zero-order valence-corrected chi connectivity index (χ0v) is 31.6. The molecule has 1 spiro atoms. The number of hydrogen-bond donors (Lipinski definition) is 2. The summed E-state index contributed by atoms with van der Waals surface area (Å²) in [5, 5.41) is 15.5. The van der Waals surface area contributed by atoms with E-state index in [0.717, 1.165) is 37.8 Å². The summed E-state index contributed by atoms with van der Waals surface area (Å²) < 4.78 is 34.4. The maximum absolute atomic E-state index is 14.4. The number of ether oxygens (including phenoxy) is 2. The van der Waals surface area contributed by atoms with Crippen molar-refractivity contribution in [3.8, 4) is 11.6 Å². The third-order valence-corrected chi connectivity index (χ3v) is 12.9. The molecule has 2 aromatic carbocycles. The zero-order valence-electron chi connectivity index (χ0n) is 30.1. The molecule has 0 unspecified atom stereocenters. The van der Waals surface area contributed by atoms with E-state index in [1.807, 2.05) is 13.0 Å². The van der Waals surface area contributed by atoms with E-state index in [0.29, 0.717) is 36.9 Å². The van der Waals surface area contributed by atoms with Gasteiger partial charge in [-0.05, 0) is 97.7 Å². The number of aromatic nitrogens is 2. The molecule has 2 amide bonds. The van der Waals surface area contributed by atoms with Gasteiger partial charge in [-0.25, -0.2) is 4.21 Å². The molecule has 52 heavy (non-hydrogen) atoms. The number of amides is 2. The van der Waals surface area contributed by atoms with E-state index in [4.69, 9.17) is 21.1 Å². The van der Waals surface area contributed by atoms with Gasteiger partial charge in [-0.15, -0.1) is 22.6 Å². The van der Waals surface area contributed by atoms with E-state index in [1.54, 1.807) is 37.4 Å². The predicted octanol–water partition coefficient (Wildman–Crippen LogP) is 6.29. The van der Waals surface area contributed by atoms with Crippen LogP contribution >= 0.6 is 11.6 Å². The lowest BCUT2D eigenvalue weighted by Crippen LogP contribution is -2.49. The molecule has 2 heterocycles. The molecule has 1 aromatic heterocycles. The van der Waals surface area contributed by atoms with Crippen LogP contribution in [0, 0.1) is 17.8 Å². The lowest BCUT2D eigenvalue weighted by atomic mass is 9.68. The van der Waals surface area contributed by atoms with Crippen LogP contribution in [0.3, 0.4) is 0 Å². The van der Waals surface area contributed by atoms with Crippen LogP contribution in [0.15, 0.2) is 72.3 Å². The van der Waals surface area contributed by atoms with E-state index in [2.05, 4.69) is 44.4 Å². The number of anilines is 1. The molecule has 278 valence electrons. The summed E-state index contributed by atoms with van der Waals surface area (Å²) in [6.07, 6.45) is 9.39. The number of nitrogens with one attached hydrogen (secondary N) is 1. The molecule has 0 bridgehead atoms. The zero-order chi connectivity index (χ0) is 37.2. The first-order chi connectivity index (χ1) is 24.9. The molecule has 3 aliphatic rings. The monoisotopic (exact) mass is 749 g/mol. The number of methoxy groups -OCH3 is 1. The maximum Gasteiger partial charge on any atom is 0.286 e. The normalized spacial score (nSPS) is 23.0. The number of aliphatic hydroxyl groups excluding tert-OH is 1. The molecule has 2 aliphatic carbocycles. The first-order valence-electron chi connectivity index (χ1n) is 17.8. The molecular formula is C39H48ClN5O6S. The SMILES string of the molecule is C=CC[C@H](C)C[S@](=O)(=NC(=O)c1ccc2c(c1)N(C[C@@H]1CC[C@H]1[C@@H](O)C=C)C[C@@]1(CCCc3cc(Cl)ccc31)CO2)NC(=O)c1cn(C)nc1OC. The van der Waals surface area contributed by atoms with Crippen LogP contribution in [0.5, 0.6) is 11.6 Å². The number of benzene rings is 2. The number of rotatable bonds is 12. The number of fused-ring (bicyclic) bond motifs is 3. The van der Waals surface area contributed by atoms with Crippen molar-refractivity contribution in [1.29, 1.82) is 0 Å². The van der Waals surface area contributed by atoms with Gasteiger partial charge in [-0.2, -0.15) is 0 Å². The predicted molar refractivity (Wildman–Crippen MR) is 204 cm³/mol. The second-order valence-electron chi connectivity index (χ2n) is 14.5. The van der Waals surface area contributed by atoms with Crippen molar-refractivity contribution in [2.45, 2.75) is 57.0 Å². The molecule has 11 nitrogen and oxygen atoms in total. The summed E-state index contributed by atoms with van der Waals surface area (Å²) in [6, 6.07) is 11.3. The number of nitrogens with zero attached hydrogens (tertiary/aromatic N) is 4. The summed E-state index contributed by atoms with van der Waals surface area (Å²) in [5.41, 5.74) is 3.14. The minimum absolute atomic E-state index is 0.0637. The number of aryl methyl sites for hydroxylation is 2. The minimum atomic E-state index is -3.61. The topological polar surface area (TPSA) is 135 Å². The Balaban J connectivity index is 1.37. The van der Waals surface area contributed by atoms with Crippen molar-refractivity contribution in [1.82, 2.24) is 14.5 Å². The highest BCUT2D eigenvalue weighted by Crippen LogP contribution is 2.46. The van der Waals surface area contributed by atoms with Crippen LogP contribution in [0.25, 0.3) is 0 Å². The number of carbonyl (C=O) groups excluding carboxylic acids is 2. The van der Waals surface area contributed by atoms with E-state index in [9.17, 15) is 18.9 Å². The molecule has 2 N–H and O–H groups in total. The summed E-state index contributed by atoms with van der Waals surface area (Å²) in [4.78, 5) is 29.7. The quantitative estimate of drug-likeness (QED) is 0.206. The molecular weight excluding hydrogens is 702 g/mol. The van der Waals surface area contributed by atoms with Crippen LogP contribution in [0.1, 0.15) is 70.9 Å². The highest BCUT2D eigenvalue weighted by atomic mass is 35.5. The molecule has 1 saturated carbocycles. The molecule has 1 fully saturated rings. The molecule has 0 saturated heterocycles. The first kappa shape index (κ1) is 37.6. The molecule has 13 heteroatoms. The van der Waals surface area contributed by atoms with Crippen LogP contribution in [0.4, 0.5) is 5.69 Å². The lowest BCUT2D eigenvalue weighted by molar-refractivity contribution is 0.0460. The fourth-order valence-corrected chi connectivity index (χ4v) is 10.1. The Hall–Kier alpha value is -4.13. The standard InChI is InChI=1S/C39H48ClN5O6S/c1-6-9-25(3)22-52(49,43-37(48)31-21-44(4)41-38(31)50-5)42-36(47)27-12-16-35-33(19-27)45(20-28-11-14-30(28)34(46)7-2)23-39(24-51-35)17-8-10-26-18-29(40)13-15-32(26)39/h6-7,12-13,15-16,18-19,21,25,28,30,34,46H,1-2,8-11,14,17,20,22-24H2,3-5H3,(H,42,43,47,48,49)/t25-,28-,30+,34-,39-,52-/m0/s1. The number of halogens is 1. The smallest absolute Gasteiger partial charge is 0.286 e. The van der Waals surface area contributed by atoms with Crippen LogP contribution in [-0.2, 0) is 28.8 Å². The van der Waals surface area contributed by atoms with Gasteiger partial charge in [0.2, 0.25) is 5.88 Å². The van der Waals surface area contributed by atoms with Crippen molar-refractivity contribution in [3.05, 3.63) is 95.2 Å². The Morgan fingerprint density at radius 1 is 1.27 bits per heavy atom. The van der Waals surface area contributed by atoms with E-state index >= 15 is 0 Å². The summed E-state index contributed by atoms with van der Waals surface area (Å²) in [5.74, 6) is -0.715. The third kappa shape index (κ3) is 7.79. The van der Waals surface area contributed by atoms with Crippen molar-refractivity contribution in [3.63, 3.8) is 0 Å². The Labute approximate surface area is 311 Å². The van der Waals surface area contributed by atoms with Gasteiger partial charge in [0.15, 0.2) is 0 Å². The largest absolute Gasteiger partial charge is 0.490 e. The first-order valence-corrected chi connectivity index (χ1v) is 19.8. The maximum atomic E-state index is 14.4. The molecule has 3 aromatic rings. The van der Waals surface area contributed by atoms with Gasteiger partial charge in [0.25, 0.3) is 11.8 Å². The van der Waals surface area contributed by atoms with Gasteiger partial charge < -0.3 is 19.5 Å². The summed E-state index contributed by atoms with van der Waals surface area (Å²) >= 11 is 6.43. The van der Waals surface area contributed by atoms with Gasteiger partial charge in [0, 0.05) is 42.3 Å². The van der Waals surface area contributed by atoms with Gasteiger partial charge in [-0.1, -0.05) is 36.7 Å². The third-order valence-electron chi connectivity index (χ3n) is 10.7. The van der Waals surface area contributed by atoms with Gasteiger partial charge in [0.1, 0.15) is 21.2 Å². The van der Waals surface area contributed by atoms with Crippen molar-refractivity contribution < 1.29 is 28.4 Å². The average Bonchev–Trinajstić information content (AvgIpc) is 3.41. The summed E-state index contributed by atoms with van der Waals surface area (Å²) in [6.45, 7) is 11.2. The minimum Gasteiger partial charge on any atom is -0.490 e. The number of hydrogen-bond acceptors (Lipinski definition) is 8. The molecule has 1 aliphatic heterocycles. The summed E-state index contributed by atoms with van der Waals surface area (Å²) in [7, 11) is -0.587. The highest BCUT2D eigenvalue weighted by molar-refractivity contribution is 7.92. The molecule has 0 radical (unpaired) electrons. The van der Waals surface area contributed by atoms with Crippen molar-refractivity contribution >= 4 is 39.0 Å². The number of allylic oxidation sites excluding steroid dienone is 1. The second kappa shape index (κ2) is 15.5. The van der Waals surface area contributed by atoms with Gasteiger partial charge in [0.05, 0.1) is 31.3 Å². The fourth-order valence-electron chi connectivity index (χ4n) is 7.98. The Kier molecular flexibility index (Phi) is 11.2. The van der Waals surface area contributed by atoms with E-state index in [-0.39, 0.29) is 45.9 Å². The fraction of sp³-hybridized carbons (Fsp3) is 0.462. The van der Waals surface area contributed by atoms with Crippen LogP contribution < -0.4 is 19.1 Å². The number of carbonyl (C=O) groups is 2. The van der Waals surface area contributed by atoms with Crippen LogP contribution in [0.2, 0.25) is 5.02 Å². The lowest BCUT2D eigenvalue weighted by Gasteiger charge is -2.45. The van der Waals surface area contributed by atoms with Gasteiger partial charge in [-0.3, -0.25) is 19.0 Å². The average molecular weight is 750 g/mol. The Bertz CT molecular complexity index is 1990. The second-order valence-corrected chi connectivity index (χ2v) is 16.9.